The molecule has 0 unspecified atom stereocenters. The summed E-state index contributed by atoms with van der Waals surface area (Å²) in [6, 6.07) is 8.90. The maximum absolute atomic E-state index is 15.1. The van der Waals surface area contributed by atoms with Crippen molar-refractivity contribution in [3.63, 3.8) is 0 Å². The van der Waals surface area contributed by atoms with E-state index in [4.69, 9.17) is 23.7 Å². The first-order valence-electron chi connectivity index (χ1n) is 25.5. The number of aliphatic carboxylic acids is 1. The fourth-order valence-electron chi connectivity index (χ4n) is 7.85. The van der Waals surface area contributed by atoms with E-state index in [9.17, 15) is 43.5 Å². The summed E-state index contributed by atoms with van der Waals surface area (Å²) in [5, 5.41) is 27.7. The van der Waals surface area contributed by atoms with Crippen molar-refractivity contribution in [2.24, 2.45) is 0 Å². The third-order valence-corrected chi connectivity index (χ3v) is 11.3. The Hall–Kier alpha value is -8.11. The Balaban J connectivity index is 1.93. The normalized spacial score (nSPS) is 16.0. The molecule has 1 heterocycles. The van der Waals surface area contributed by atoms with Crippen molar-refractivity contribution >= 4 is 53.8 Å². The van der Waals surface area contributed by atoms with Gasteiger partial charge < -0.3 is 70.9 Å². The molecule has 78 heavy (non-hydrogen) atoms. The first kappa shape index (κ1) is 62.4. The van der Waals surface area contributed by atoms with E-state index in [0.717, 1.165) is 10.5 Å². The van der Waals surface area contributed by atoms with E-state index in [0.29, 0.717) is 16.7 Å². The van der Waals surface area contributed by atoms with Crippen molar-refractivity contribution in [3.8, 4) is 22.6 Å². The molecule has 0 radical (unpaired) electrons. The minimum atomic E-state index is -1.59. The number of carboxylic acid groups (broad SMARTS) is 1. The van der Waals surface area contributed by atoms with Crippen LogP contribution in [0.3, 0.4) is 0 Å². The second kappa shape index (κ2) is 27.3. The van der Waals surface area contributed by atoms with E-state index in [2.05, 4.69) is 37.2 Å². The Bertz CT molecular complexity index is 2690. The fourth-order valence-corrected chi connectivity index (χ4v) is 7.85. The van der Waals surface area contributed by atoms with Crippen molar-refractivity contribution in [3.05, 3.63) is 82.4 Å². The van der Waals surface area contributed by atoms with Crippen molar-refractivity contribution < 1.29 is 71.9 Å². The maximum Gasteiger partial charge on any atom is 0.407 e. The summed E-state index contributed by atoms with van der Waals surface area (Å²) in [4.78, 5) is 122. The van der Waals surface area contributed by atoms with E-state index >= 15 is 4.79 Å². The molecule has 0 spiro atoms. The lowest BCUT2D eigenvalue weighted by Gasteiger charge is -2.33. The van der Waals surface area contributed by atoms with Gasteiger partial charge in [-0.2, -0.15) is 0 Å². The van der Waals surface area contributed by atoms with Gasteiger partial charge in [-0.15, -0.1) is 0 Å². The largest absolute Gasteiger partial charge is 0.491 e. The third kappa shape index (κ3) is 20.1. The number of hydrogen-bond donors (Lipinski definition) is 8. The standard InChI is InChI=1S/C55H76N8O15/c1-31-14-17-36(32(2)26-31)46(67)61-39(20-21-56-50(71)76-53(4,5)6)49(70)63(13)44-35-16-19-42(75-25-23-58-52(73)78-55(10,11)12)38(29-35)37-27-34(15-18-41(37)74-24-22-57-51(72)77-54(7,8)9)28-40(47(68)59-30-43(64)65)62-45(66)33(3)60-48(44)69/h14-19,26-27,29,33,39-40,44H,20-25,28,30H2,1-13H3,(H,56,71)(H,57,72)(H,58,73)(H,59,68)(H,60,69)(H,61,67)(H,62,66)(H,64,65)/t33-,39-,40-,44-/m0/s1. The predicted molar refractivity (Wildman–Crippen MR) is 287 cm³/mol. The quantitative estimate of drug-likeness (QED) is 0.0631. The average molecular weight is 1090 g/mol. The summed E-state index contributed by atoms with van der Waals surface area (Å²) < 4.78 is 28.8. The van der Waals surface area contributed by atoms with E-state index in [-0.39, 0.29) is 73.9 Å². The van der Waals surface area contributed by atoms with Crippen LogP contribution in [0.1, 0.15) is 114 Å². The van der Waals surface area contributed by atoms with Gasteiger partial charge in [0.15, 0.2) is 0 Å². The summed E-state index contributed by atoms with van der Waals surface area (Å²) in [6.07, 6.45) is -2.53. The molecule has 0 saturated heterocycles. The van der Waals surface area contributed by atoms with Gasteiger partial charge >= 0.3 is 24.2 Å². The Morgan fingerprint density at radius 1 is 0.679 bits per heavy atom. The Morgan fingerprint density at radius 3 is 1.73 bits per heavy atom. The van der Waals surface area contributed by atoms with Gasteiger partial charge in [0.05, 0.1) is 13.1 Å². The second-order valence-corrected chi connectivity index (χ2v) is 21.7. The van der Waals surface area contributed by atoms with Crippen LogP contribution in [0.15, 0.2) is 54.6 Å². The fraction of sp³-hybridized carbons (Fsp3) is 0.509. The summed E-state index contributed by atoms with van der Waals surface area (Å²) >= 11 is 0. The van der Waals surface area contributed by atoms with Gasteiger partial charge in [-0.3, -0.25) is 28.8 Å². The van der Waals surface area contributed by atoms with Crippen LogP contribution in [0.2, 0.25) is 0 Å². The maximum atomic E-state index is 15.1. The number of carboxylic acids is 1. The number of nitrogens with zero attached hydrogens (tertiary/aromatic N) is 1. The van der Waals surface area contributed by atoms with Crippen LogP contribution in [0.25, 0.3) is 11.1 Å². The topological polar surface area (TPSA) is 307 Å². The number of amides is 8. The van der Waals surface area contributed by atoms with E-state index in [1.807, 2.05) is 6.92 Å². The molecule has 4 bridgehead atoms. The molecule has 0 aromatic heterocycles. The average Bonchev–Trinajstić information content (AvgIpc) is 3.31. The molecule has 0 fully saturated rings. The number of nitrogens with one attached hydrogen (secondary N) is 7. The van der Waals surface area contributed by atoms with Gasteiger partial charge in [-0.1, -0.05) is 29.8 Å². The highest BCUT2D eigenvalue weighted by Gasteiger charge is 2.37. The van der Waals surface area contributed by atoms with E-state index in [1.54, 1.807) is 112 Å². The first-order chi connectivity index (χ1) is 36.3. The molecule has 1 aliphatic heterocycles. The van der Waals surface area contributed by atoms with Crippen molar-refractivity contribution in [1.82, 2.24) is 42.1 Å². The summed E-state index contributed by atoms with van der Waals surface area (Å²) in [5.41, 5.74) is 0.549. The van der Waals surface area contributed by atoms with Crippen LogP contribution in [0.5, 0.6) is 11.5 Å². The van der Waals surface area contributed by atoms with Gasteiger partial charge in [0, 0.05) is 36.7 Å². The van der Waals surface area contributed by atoms with Crippen LogP contribution in [0, 0.1) is 13.8 Å². The molecule has 23 heteroatoms. The number of benzene rings is 3. The van der Waals surface area contributed by atoms with Gasteiger partial charge in [-0.05, 0) is 137 Å². The lowest BCUT2D eigenvalue weighted by atomic mass is 9.93. The zero-order chi connectivity index (χ0) is 58.3. The third-order valence-electron chi connectivity index (χ3n) is 11.3. The van der Waals surface area contributed by atoms with Crippen LogP contribution in [0.4, 0.5) is 14.4 Å². The molecule has 1 aliphatic rings. The lowest BCUT2D eigenvalue weighted by Crippen LogP contribution is -2.56. The predicted octanol–water partition coefficient (Wildman–Crippen LogP) is 4.74. The Kier molecular flexibility index (Phi) is 21.8. The minimum Gasteiger partial charge on any atom is -0.491 e. The molecule has 23 nitrogen and oxygen atoms in total. The molecular formula is C55H76N8O15. The van der Waals surface area contributed by atoms with Gasteiger partial charge in [0.2, 0.25) is 23.6 Å². The molecular weight excluding hydrogens is 1010 g/mol. The number of rotatable bonds is 18. The number of likely N-dealkylation sites (N-methyl/N-ethyl adjacent to an activating group) is 1. The van der Waals surface area contributed by atoms with Crippen LogP contribution in [-0.2, 0) is 44.6 Å². The highest BCUT2D eigenvalue weighted by atomic mass is 16.6. The van der Waals surface area contributed by atoms with Crippen LogP contribution >= 0.6 is 0 Å². The molecule has 8 N–H and O–H groups in total. The highest BCUT2D eigenvalue weighted by Crippen LogP contribution is 2.40. The molecule has 3 aromatic rings. The summed E-state index contributed by atoms with van der Waals surface area (Å²) in [5.74, 6) is -4.93. The number of carbonyl (C=O) groups is 9. The highest BCUT2D eigenvalue weighted by molar-refractivity contribution is 6.00. The molecule has 4 atom stereocenters. The monoisotopic (exact) mass is 1090 g/mol. The molecule has 4 rings (SSSR count). The van der Waals surface area contributed by atoms with Crippen LogP contribution < -0.4 is 46.7 Å². The molecule has 0 aliphatic carbocycles. The van der Waals surface area contributed by atoms with Crippen molar-refractivity contribution in [1.29, 1.82) is 0 Å². The van der Waals surface area contributed by atoms with E-state index in [1.165, 1.54) is 26.1 Å². The zero-order valence-corrected chi connectivity index (χ0v) is 46.8. The zero-order valence-electron chi connectivity index (χ0n) is 46.8. The number of carbonyl (C=O) groups excluding carboxylic acids is 8. The lowest BCUT2D eigenvalue weighted by molar-refractivity contribution is -0.141. The van der Waals surface area contributed by atoms with Crippen LogP contribution in [-0.4, -0.2) is 145 Å². The number of aryl methyl sites for hydroxylation is 2. The number of hydrogen-bond acceptors (Lipinski definition) is 14. The first-order valence-corrected chi connectivity index (χ1v) is 25.5. The van der Waals surface area contributed by atoms with E-state index < -0.39 is 101 Å². The van der Waals surface area contributed by atoms with Crippen molar-refractivity contribution in [2.75, 3.05) is 46.4 Å². The summed E-state index contributed by atoms with van der Waals surface area (Å²) in [6.45, 7) is 19.1. The van der Waals surface area contributed by atoms with Crippen molar-refractivity contribution in [2.45, 2.75) is 137 Å². The number of alkyl carbamates (subject to hydrolysis) is 3. The Labute approximate surface area is 454 Å². The molecule has 8 amide bonds. The van der Waals surface area contributed by atoms with Gasteiger partial charge in [0.1, 0.15) is 72.2 Å². The molecule has 0 saturated carbocycles. The van der Waals surface area contributed by atoms with Gasteiger partial charge in [-0.25, -0.2) is 14.4 Å². The SMILES string of the molecule is Cc1ccc(C(=O)N[C@@H](CCNC(=O)OC(C)(C)C)C(=O)N(C)[C@@H]2C(=O)N[C@@H](C)C(=O)N[C@H](C(=O)NCC(=O)O)Cc3ccc(OCCNC(=O)OC(C)(C)C)c(c3)-c3cc2ccc3OCCNC(=O)OC(C)(C)C)c(C)c1. The smallest absolute Gasteiger partial charge is 0.407 e. The number of fused-ring (bicyclic) bond motifs is 5. The molecule has 426 valence electrons. The van der Waals surface area contributed by atoms with Gasteiger partial charge in [0.25, 0.3) is 5.91 Å². The minimum absolute atomic E-state index is 0.0183. The number of ether oxygens (including phenoxy) is 5. The second-order valence-electron chi connectivity index (χ2n) is 21.7. The Morgan fingerprint density at radius 2 is 1.21 bits per heavy atom. The molecule has 3 aromatic carbocycles. The summed E-state index contributed by atoms with van der Waals surface area (Å²) in [7, 11) is 1.33.